The summed E-state index contributed by atoms with van der Waals surface area (Å²) in [7, 11) is -0.806. The number of imidazole rings is 1. The molecule has 0 aliphatic carbocycles. The molecule has 36 heavy (non-hydrogen) atoms. The van der Waals surface area contributed by atoms with Crippen LogP contribution in [0, 0.1) is 18.3 Å². The molecule has 0 radical (unpaired) electrons. The first-order chi connectivity index (χ1) is 17.3. The lowest BCUT2D eigenvalue weighted by atomic mass is 10.1. The van der Waals surface area contributed by atoms with Crippen LogP contribution in [-0.2, 0) is 10.0 Å². The molecule has 0 atom stereocenters. The molecule has 0 aliphatic rings. The van der Waals surface area contributed by atoms with Crippen molar-refractivity contribution in [2.24, 2.45) is 0 Å². The lowest BCUT2D eigenvalue weighted by molar-refractivity contribution is 0.355. The van der Waals surface area contributed by atoms with Gasteiger partial charge in [0.1, 0.15) is 11.4 Å². The first-order valence-corrected chi connectivity index (χ1v) is 12.2. The van der Waals surface area contributed by atoms with Gasteiger partial charge in [0, 0.05) is 11.8 Å². The fourth-order valence-electron chi connectivity index (χ4n) is 3.86. The SMILES string of the molecule is COc1ccc(-c2ccc3nc(C)c(-c4ccn(S(=O)(=O)c5ccc(C#N)cc5)n4)n3n2)cc1OC. The third-order valence-electron chi connectivity index (χ3n) is 5.67. The van der Waals surface area contributed by atoms with E-state index in [1.165, 1.54) is 30.5 Å². The Labute approximate surface area is 207 Å². The zero-order chi connectivity index (χ0) is 25.4. The first-order valence-electron chi connectivity index (χ1n) is 10.8. The maximum Gasteiger partial charge on any atom is 0.282 e. The van der Waals surface area contributed by atoms with E-state index in [4.69, 9.17) is 19.8 Å². The zero-order valence-corrected chi connectivity index (χ0v) is 20.4. The minimum absolute atomic E-state index is 0.0277. The van der Waals surface area contributed by atoms with Gasteiger partial charge in [-0.15, -0.1) is 0 Å². The molecule has 0 amide bonds. The van der Waals surface area contributed by atoms with Crippen molar-refractivity contribution in [2.75, 3.05) is 14.2 Å². The van der Waals surface area contributed by atoms with E-state index in [9.17, 15) is 8.42 Å². The Morgan fingerprint density at radius 2 is 1.64 bits per heavy atom. The Morgan fingerprint density at radius 3 is 2.33 bits per heavy atom. The maximum atomic E-state index is 13.1. The normalized spacial score (nSPS) is 11.4. The van der Waals surface area contributed by atoms with Crippen molar-refractivity contribution in [3.63, 3.8) is 0 Å². The van der Waals surface area contributed by atoms with Gasteiger partial charge in [-0.2, -0.15) is 28.0 Å². The molecule has 180 valence electrons. The van der Waals surface area contributed by atoms with Crippen LogP contribution in [0.5, 0.6) is 11.5 Å². The van der Waals surface area contributed by atoms with Gasteiger partial charge in [0.25, 0.3) is 10.0 Å². The van der Waals surface area contributed by atoms with Gasteiger partial charge in [0.2, 0.25) is 0 Å². The van der Waals surface area contributed by atoms with Gasteiger partial charge in [-0.05, 0) is 67.6 Å². The number of methoxy groups -OCH3 is 2. The predicted octanol–water partition coefficient (Wildman–Crippen LogP) is 3.69. The molecule has 3 aromatic heterocycles. The highest BCUT2D eigenvalue weighted by atomic mass is 32.2. The van der Waals surface area contributed by atoms with E-state index in [0.717, 1.165) is 9.65 Å². The summed E-state index contributed by atoms with van der Waals surface area (Å²) in [6, 6.07) is 18.4. The van der Waals surface area contributed by atoms with Crippen molar-refractivity contribution in [2.45, 2.75) is 11.8 Å². The highest BCUT2D eigenvalue weighted by Gasteiger charge is 2.21. The zero-order valence-electron chi connectivity index (χ0n) is 19.6. The van der Waals surface area contributed by atoms with E-state index in [1.807, 2.05) is 37.3 Å². The van der Waals surface area contributed by atoms with Crippen molar-refractivity contribution in [1.82, 2.24) is 23.8 Å². The summed E-state index contributed by atoms with van der Waals surface area (Å²) in [5.74, 6) is 1.18. The van der Waals surface area contributed by atoms with Gasteiger partial charge in [0.05, 0.1) is 42.1 Å². The van der Waals surface area contributed by atoms with Gasteiger partial charge in [0.15, 0.2) is 17.1 Å². The van der Waals surface area contributed by atoms with Crippen LogP contribution >= 0.6 is 0 Å². The lowest BCUT2D eigenvalue weighted by Gasteiger charge is -2.09. The third-order valence-corrected chi connectivity index (χ3v) is 7.23. The number of nitriles is 1. The predicted molar refractivity (Wildman–Crippen MR) is 131 cm³/mol. The summed E-state index contributed by atoms with van der Waals surface area (Å²) in [5, 5.41) is 18.1. The van der Waals surface area contributed by atoms with Gasteiger partial charge in [-0.25, -0.2) is 9.50 Å². The molecule has 5 aromatic rings. The summed E-state index contributed by atoms with van der Waals surface area (Å²) in [4.78, 5) is 4.59. The van der Waals surface area contributed by atoms with Gasteiger partial charge >= 0.3 is 0 Å². The molecule has 0 aliphatic heterocycles. The van der Waals surface area contributed by atoms with Crippen LogP contribution in [0.2, 0.25) is 0 Å². The number of hydrogen-bond donors (Lipinski definition) is 0. The molecule has 0 unspecified atom stereocenters. The number of ether oxygens (including phenoxy) is 2. The second kappa shape index (κ2) is 8.83. The molecule has 0 bridgehead atoms. The topological polar surface area (TPSA) is 124 Å². The quantitative estimate of drug-likeness (QED) is 0.346. The average Bonchev–Trinajstić information content (AvgIpc) is 3.52. The molecule has 0 spiro atoms. The fraction of sp³-hybridized carbons (Fsp3) is 0.120. The monoisotopic (exact) mass is 500 g/mol. The second-order valence-corrected chi connectivity index (χ2v) is 9.61. The van der Waals surface area contributed by atoms with Crippen molar-refractivity contribution in [3.05, 3.63) is 78.1 Å². The number of aryl methyl sites for hydroxylation is 1. The standard InChI is InChI=1S/C25H20N6O4S/c1-16-25(21-12-13-30(28-21)36(32,33)19-7-4-17(15-26)5-8-19)31-24(27-16)11-9-20(29-31)18-6-10-22(34-2)23(14-18)35-3/h4-14H,1-3H3. The summed E-state index contributed by atoms with van der Waals surface area (Å²) in [5.41, 5.74) is 4.04. The number of aromatic nitrogens is 5. The first kappa shape index (κ1) is 23.1. The molecule has 2 aromatic carbocycles. The molecular formula is C25H20N6O4S. The number of rotatable bonds is 6. The Morgan fingerprint density at radius 1 is 0.889 bits per heavy atom. The van der Waals surface area contributed by atoms with E-state index < -0.39 is 10.0 Å². The van der Waals surface area contributed by atoms with Crippen molar-refractivity contribution < 1.29 is 17.9 Å². The number of hydrogen-bond acceptors (Lipinski definition) is 8. The van der Waals surface area contributed by atoms with E-state index in [2.05, 4.69) is 10.1 Å². The fourth-order valence-corrected chi connectivity index (χ4v) is 4.98. The van der Waals surface area contributed by atoms with Crippen molar-refractivity contribution >= 4 is 15.7 Å². The van der Waals surface area contributed by atoms with Gasteiger partial charge in [-0.1, -0.05) is 0 Å². The smallest absolute Gasteiger partial charge is 0.282 e. The molecule has 3 heterocycles. The Bertz CT molecular complexity index is 1750. The highest BCUT2D eigenvalue weighted by molar-refractivity contribution is 7.89. The van der Waals surface area contributed by atoms with E-state index in [1.54, 1.807) is 30.9 Å². The maximum absolute atomic E-state index is 13.1. The molecule has 5 rings (SSSR count). The molecule has 0 saturated carbocycles. The summed E-state index contributed by atoms with van der Waals surface area (Å²) in [6.45, 7) is 1.81. The number of nitrogens with zero attached hydrogens (tertiary/aromatic N) is 6. The largest absolute Gasteiger partial charge is 0.493 e. The van der Waals surface area contributed by atoms with Crippen LogP contribution in [0.4, 0.5) is 0 Å². The van der Waals surface area contributed by atoms with E-state index >= 15 is 0 Å². The van der Waals surface area contributed by atoms with Crippen LogP contribution in [0.25, 0.3) is 28.3 Å². The third kappa shape index (κ3) is 3.83. The van der Waals surface area contributed by atoms with Crippen LogP contribution in [0.3, 0.4) is 0 Å². The van der Waals surface area contributed by atoms with Crippen LogP contribution in [0.1, 0.15) is 11.3 Å². The summed E-state index contributed by atoms with van der Waals surface area (Å²) >= 11 is 0. The molecular weight excluding hydrogens is 480 g/mol. The lowest BCUT2D eigenvalue weighted by Crippen LogP contribution is -2.13. The minimum atomic E-state index is -3.95. The van der Waals surface area contributed by atoms with Gasteiger partial charge in [-0.3, -0.25) is 0 Å². The molecule has 0 N–H and O–H groups in total. The van der Waals surface area contributed by atoms with Crippen molar-refractivity contribution in [1.29, 1.82) is 5.26 Å². The molecule has 10 nitrogen and oxygen atoms in total. The summed E-state index contributed by atoms with van der Waals surface area (Å²) < 4.78 is 39.4. The Kier molecular flexibility index (Phi) is 5.66. The minimum Gasteiger partial charge on any atom is -0.493 e. The van der Waals surface area contributed by atoms with Crippen LogP contribution in [-0.4, -0.2) is 46.4 Å². The van der Waals surface area contributed by atoms with E-state index in [0.29, 0.717) is 45.5 Å². The summed E-state index contributed by atoms with van der Waals surface area (Å²) in [6.07, 6.45) is 1.37. The number of fused-ring (bicyclic) bond motifs is 1. The molecule has 0 saturated heterocycles. The molecule has 0 fully saturated rings. The molecule has 11 heteroatoms. The number of benzene rings is 2. The second-order valence-electron chi connectivity index (χ2n) is 7.82. The van der Waals surface area contributed by atoms with E-state index in [-0.39, 0.29) is 4.90 Å². The Balaban J connectivity index is 1.57. The van der Waals surface area contributed by atoms with Crippen molar-refractivity contribution in [3.8, 4) is 40.2 Å². The Hall–Kier alpha value is -4.69. The van der Waals surface area contributed by atoms with Gasteiger partial charge < -0.3 is 9.47 Å². The average molecular weight is 501 g/mol. The van der Waals surface area contributed by atoms with Crippen LogP contribution in [0.15, 0.2) is 71.8 Å². The highest BCUT2D eigenvalue weighted by Crippen LogP contribution is 2.32. The van der Waals surface area contributed by atoms with Crippen LogP contribution < -0.4 is 9.47 Å².